The smallest absolute Gasteiger partial charge is 0.143 e. The molecule has 0 spiro atoms. The lowest BCUT2D eigenvalue weighted by atomic mass is 10.5. The maximum Gasteiger partial charge on any atom is 0.151 e. The summed E-state index contributed by atoms with van der Waals surface area (Å²) in [4.78, 5) is 0. The molecule has 1 atom stereocenters. The lowest BCUT2D eigenvalue weighted by molar-refractivity contribution is 0.927. The van der Waals surface area contributed by atoms with Crippen LogP contribution in [0.3, 0.4) is 0 Å². The molecule has 0 fully saturated rings. The van der Waals surface area contributed by atoms with Crippen LogP contribution in [0.1, 0.15) is 6.92 Å². The molecule has 1 unspecified atom stereocenters. The quantitative estimate of drug-likeness (QED) is 0.554. The van der Waals surface area contributed by atoms with Crippen molar-refractivity contribution in [2.45, 2.75) is 17.2 Å². The van der Waals surface area contributed by atoms with E-state index in [2.05, 4.69) is 16.8 Å². The summed E-state index contributed by atoms with van der Waals surface area (Å²) in [6, 6.07) is 3.58. The molecule has 1 rings (SSSR count). The van der Waals surface area contributed by atoms with Gasteiger partial charge in [0.05, 0.1) is 0 Å². The van der Waals surface area contributed by atoms with Crippen LogP contribution in [0, 0.1) is 0 Å². The van der Waals surface area contributed by atoms with Gasteiger partial charge in [-0.2, -0.15) is 0 Å². The third kappa shape index (κ3) is 2.83. The molecule has 2 nitrogen and oxygen atoms in total. The van der Waals surface area contributed by atoms with Crippen molar-refractivity contribution in [1.29, 1.82) is 0 Å². The Balaban J connectivity index is 2.64. The summed E-state index contributed by atoms with van der Waals surface area (Å²) in [6.45, 7) is 5.73. The number of thioether (sulfide) groups is 1. The van der Waals surface area contributed by atoms with E-state index in [0.29, 0.717) is 10.4 Å². The fourth-order valence-corrected chi connectivity index (χ4v) is 1.42. The normalized spacial score (nSPS) is 12.5. The Morgan fingerprint density at radius 2 is 2.33 bits per heavy atom. The zero-order valence-electron chi connectivity index (χ0n) is 6.70. The lowest BCUT2D eigenvalue weighted by Crippen LogP contribution is -1.91. The Morgan fingerprint density at radius 3 is 2.83 bits per heavy atom. The predicted molar refractivity (Wildman–Crippen MR) is 52.6 cm³/mol. The van der Waals surface area contributed by atoms with E-state index < -0.39 is 0 Å². The van der Waals surface area contributed by atoms with Gasteiger partial charge in [-0.25, -0.2) is 0 Å². The van der Waals surface area contributed by atoms with E-state index in [9.17, 15) is 0 Å². The van der Waals surface area contributed by atoms with Gasteiger partial charge in [0.15, 0.2) is 5.15 Å². The summed E-state index contributed by atoms with van der Waals surface area (Å²) in [5, 5.41) is 9.26. The highest BCUT2D eigenvalue weighted by Crippen LogP contribution is 2.21. The first-order valence-corrected chi connectivity index (χ1v) is 4.76. The molecule has 0 saturated heterocycles. The van der Waals surface area contributed by atoms with Gasteiger partial charge in [0.1, 0.15) is 5.03 Å². The largest absolute Gasteiger partial charge is 0.151 e. The molecule has 12 heavy (non-hydrogen) atoms. The maximum atomic E-state index is 5.58. The SMILES string of the molecule is C=CC(C)Sc1ccc(Cl)nn1. The van der Waals surface area contributed by atoms with Crippen LogP contribution in [-0.2, 0) is 0 Å². The molecule has 0 aliphatic rings. The van der Waals surface area contributed by atoms with Crippen LogP contribution in [0.2, 0.25) is 5.15 Å². The zero-order valence-corrected chi connectivity index (χ0v) is 8.27. The molecule has 64 valence electrons. The minimum absolute atomic E-state index is 0.348. The number of rotatable bonds is 3. The third-order valence-electron chi connectivity index (χ3n) is 1.25. The van der Waals surface area contributed by atoms with Crippen LogP contribution in [-0.4, -0.2) is 15.4 Å². The van der Waals surface area contributed by atoms with Gasteiger partial charge in [-0.05, 0) is 19.1 Å². The number of halogens is 1. The van der Waals surface area contributed by atoms with E-state index in [1.807, 2.05) is 19.1 Å². The van der Waals surface area contributed by atoms with Crippen molar-refractivity contribution in [1.82, 2.24) is 10.2 Å². The predicted octanol–water partition coefficient (Wildman–Crippen LogP) is 2.80. The molecular formula is C8H9ClN2S. The minimum Gasteiger partial charge on any atom is -0.143 e. The highest BCUT2D eigenvalue weighted by atomic mass is 35.5. The van der Waals surface area contributed by atoms with Crippen LogP contribution < -0.4 is 0 Å². The maximum absolute atomic E-state index is 5.58. The molecule has 1 aromatic rings. The van der Waals surface area contributed by atoms with Crippen molar-refractivity contribution in [3.63, 3.8) is 0 Å². The Morgan fingerprint density at radius 1 is 1.58 bits per heavy atom. The highest BCUT2D eigenvalue weighted by molar-refractivity contribution is 8.00. The molecule has 4 heteroatoms. The molecule has 0 aliphatic carbocycles. The minimum atomic E-state index is 0.348. The van der Waals surface area contributed by atoms with Crippen LogP contribution in [0.4, 0.5) is 0 Å². The molecule has 0 aromatic carbocycles. The van der Waals surface area contributed by atoms with E-state index in [-0.39, 0.29) is 0 Å². The molecule has 0 amide bonds. The lowest BCUT2D eigenvalue weighted by Gasteiger charge is -2.02. The molecule has 0 N–H and O–H groups in total. The first kappa shape index (κ1) is 9.55. The van der Waals surface area contributed by atoms with E-state index in [1.54, 1.807) is 17.8 Å². The topological polar surface area (TPSA) is 25.8 Å². The second-order valence-electron chi connectivity index (χ2n) is 2.25. The first-order valence-electron chi connectivity index (χ1n) is 3.51. The van der Waals surface area contributed by atoms with Crippen LogP contribution >= 0.6 is 23.4 Å². The van der Waals surface area contributed by atoms with Gasteiger partial charge in [0.2, 0.25) is 0 Å². The van der Waals surface area contributed by atoms with Gasteiger partial charge in [-0.3, -0.25) is 0 Å². The van der Waals surface area contributed by atoms with Gasteiger partial charge in [0, 0.05) is 5.25 Å². The van der Waals surface area contributed by atoms with Gasteiger partial charge >= 0.3 is 0 Å². The van der Waals surface area contributed by atoms with Crippen molar-refractivity contribution in [2.24, 2.45) is 0 Å². The van der Waals surface area contributed by atoms with E-state index in [4.69, 9.17) is 11.6 Å². The average Bonchev–Trinajstić information content (AvgIpc) is 2.09. The number of nitrogens with zero attached hydrogens (tertiary/aromatic N) is 2. The highest BCUT2D eigenvalue weighted by Gasteiger charge is 2.00. The summed E-state index contributed by atoms with van der Waals surface area (Å²) in [5.74, 6) is 0. The second-order valence-corrected chi connectivity index (χ2v) is 4.04. The van der Waals surface area contributed by atoms with E-state index in [1.165, 1.54) is 0 Å². The van der Waals surface area contributed by atoms with Crippen LogP contribution in [0.15, 0.2) is 29.8 Å². The van der Waals surface area contributed by atoms with Gasteiger partial charge < -0.3 is 0 Å². The standard InChI is InChI=1S/C8H9ClN2S/c1-3-6(2)12-8-5-4-7(9)10-11-8/h3-6H,1H2,2H3. The van der Waals surface area contributed by atoms with Gasteiger partial charge in [-0.15, -0.1) is 16.8 Å². The first-order chi connectivity index (χ1) is 5.72. The Bertz CT molecular complexity index is 260. The summed E-state index contributed by atoms with van der Waals surface area (Å²) in [6.07, 6.45) is 1.86. The van der Waals surface area contributed by atoms with Crippen molar-refractivity contribution < 1.29 is 0 Å². The van der Waals surface area contributed by atoms with Crippen LogP contribution in [0.5, 0.6) is 0 Å². The molecule has 1 heterocycles. The molecule has 0 saturated carbocycles. The Labute approximate surface area is 81.0 Å². The van der Waals surface area contributed by atoms with E-state index >= 15 is 0 Å². The second kappa shape index (κ2) is 4.48. The number of aromatic nitrogens is 2. The fraction of sp³-hybridized carbons (Fsp3) is 0.250. The monoisotopic (exact) mass is 200 g/mol. The van der Waals surface area contributed by atoms with Crippen LogP contribution in [0.25, 0.3) is 0 Å². The van der Waals surface area contributed by atoms with Gasteiger partial charge in [-0.1, -0.05) is 29.4 Å². The molecule has 0 radical (unpaired) electrons. The fourth-order valence-electron chi connectivity index (χ4n) is 0.605. The Hall–Kier alpha value is -0.540. The number of hydrogen-bond acceptors (Lipinski definition) is 3. The van der Waals surface area contributed by atoms with Crippen molar-refractivity contribution in [2.75, 3.05) is 0 Å². The van der Waals surface area contributed by atoms with Gasteiger partial charge in [0.25, 0.3) is 0 Å². The van der Waals surface area contributed by atoms with Crippen molar-refractivity contribution in [3.8, 4) is 0 Å². The number of hydrogen-bond donors (Lipinski definition) is 0. The molecule has 0 bridgehead atoms. The van der Waals surface area contributed by atoms with E-state index in [0.717, 1.165) is 5.03 Å². The summed E-state index contributed by atoms with van der Waals surface area (Å²) >= 11 is 7.18. The summed E-state index contributed by atoms with van der Waals surface area (Å²) in [7, 11) is 0. The average molecular weight is 201 g/mol. The summed E-state index contributed by atoms with van der Waals surface area (Å²) in [5.41, 5.74) is 0. The Kier molecular flexibility index (Phi) is 3.56. The van der Waals surface area contributed by atoms with Crippen molar-refractivity contribution in [3.05, 3.63) is 29.9 Å². The zero-order chi connectivity index (χ0) is 8.97. The van der Waals surface area contributed by atoms with Crippen molar-refractivity contribution >= 4 is 23.4 Å². The molecular weight excluding hydrogens is 192 g/mol. The summed E-state index contributed by atoms with van der Waals surface area (Å²) < 4.78 is 0. The third-order valence-corrected chi connectivity index (χ3v) is 2.47. The molecule has 1 aromatic heterocycles. The molecule has 0 aliphatic heterocycles.